The summed E-state index contributed by atoms with van der Waals surface area (Å²) in [5.74, 6) is 1.22. The van der Waals surface area contributed by atoms with Crippen molar-refractivity contribution in [1.29, 1.82) is 0 Å². The van der Waals surface area contributed by atoms with Crippen LogP contribution in [0, 0.1) is 0 Å². The van der Waals surface area contributed by atoms with E-state index in [1.807, 2.05) is 24.3 Å². The summed E-state index contributed by atoms with van der Waals surface area (Å²) in [5, 5.41) is 0.917. The van der Waals surface area contributed by atoms with Crippen molar-refractivity contribution in [2.24, 2.45) is 0 Å². The third-order valence-corrected chi connectivity index (χ3v) is 6.30. The van der Waals surface area contributed by atoms with E-state index < -0.39 is 0 Å². The second kappa shape index (κ2) is 9.18. The summed E-state index contributed by atoms with van der Waals surface area (Å²) in [7, 11) is 3.19. The van der Waals surface area contributed by atoms with Crippen molar-refractivity contribution in [3.05, 3.63) is 62.5 Å². The van der Waals surface area contributed by atoms with Crippen molar-refractivity contribution in [1.82, 2.24) is 4.90 Å². The van der Waals surface area contributed by atoms with Crippen LogP contribution >= 0.6 is 47.2 Å². The standard InChI is InChI=1S/C20H17Cl2NO3S2/c1-25-16-6-4-12(10-17(16)26-2)7-8-23-19(24)18(28-20(23)27)11-13-3-5-14(21)15(22)9-13/h3-6,9-11H,7-8H2,1-2H3/b18-11-. The molecule has 28 heavy (non-hydrogen) atoms. The lowest BCUT2D eigenvalue weighted by atomic mass is 10.1. The summed E-state index contributed by atoms with van der Waals surface area (Å²) in [6, 6.07) is 10.9. The largest absolute Gasteiger partial charge is 0.493 e. The minimum absolute atomic E-state index is 0.110. The molecule has 0 radical (unpaired) electrons. The molecule has 1 amide bonds. The summed E-state index contributed by atoms with van der Waals surface area (Å²) in [5.41, 5.74) is 1.83. The number of thiocarbonyl (C=S) groups is 1. The van der Waals surface area contributed by atoms with Gasteiger partial charge in [0.2, 0.25) is 0 Å². The normalized spacial score (nSPS) is 15.4. The number of ether oxygens (including phenoxy) is 2. The molecule has 4 nitrogen and oxygen atoms in total. The summed E-state index contributed by atoms with van der Waals surface area (Å²) < 4.78 is 11.1. The zero-order valence-electron chi connectivity index (χ0n) is 15.2. The highest BCUT2D eigenvalue weighted by Gasteiger charge is 2.31. The minimum Gasteiger partial charge on any atom is -0.493 e. The van der Waals surface area contributed by atoms with E-state index in [0.717, 1.165) is 11.1 Å². The summed E-state index contributed by atoms with van der Waals surface area (Å²) in [6.07, 6.45) is 2.42. The van der Waals surface area contributed by atoms with Crippen molar-refractivity contribution in [2.45, 2.75) is 6.42 Å². The molecule has 1 saturated heterocycles. The minimum atomic E-state index is -0.110. The lowest BCUT2D eigenvalue weighted by molar-refractivity contribution is -0.122. The molecular formula is C20H17Cl2NO3S2. The molecule has 1 aliphatic rings. The van der Waals surface area contributed by atoms with Gasteiger partial charge in [0.25, 0.3) is 5.91 Å². The SMILES string of the molecule is COc1ccc(CCN2C(=O)/C(=C/c3ccc(Cl)c(Cl)c3)SC2=S)cc1OC. The molecule has 2 aromatic carbocycles. The monoisotopic (exact) mass is 453 g/mol. The number of methoxy groups -OCH3 is 2. The van der Waals surface area contributed by atoms with E-state index in [1.165, 1.54) is 11.8 Å². The number of carbonyl (C=O) groups excluding carboxylic acids is 1. The van der Waals surface area contributed by atoms with Crippen LogP contribution in [-0.2, 0) is 11.2 Å². The Labute approximate surface area is 183 Å². The van der Waals surface area contributed by atoms with E-state index in [2.05, 4.69) is 0 Å². The average Bonchev–Trinajstić information content (AvgIpc) is 2.95. The van der Waals surface area contributed by atoms with Crippen molar-refractivity contribution in [3.8, 4) is 11.5 Å². The molecule has 0 N–H and O–H groups in total. The molecule has 8 heteroatoms. The van der Waals surface area contributed by atoms with E-state index in [4.69, 9.17) is 44.9 Å². The lowest BCUT2D eigenvalue weighted by Crippen LogP contribution is -2.30. The molecule has 0 aliphatic carbocycles. The molecular weight excluding hydrogens is 437 g/mol. The van der Waals surface area contributed by atoms with Crippen LogP contribution < -0.4 is 9.47 Å². The molecule has 3 rings (SSSR count). The first kappa shape index (κ1) is 21.0. The Hall–Kier alpha value is -1.73. The van der Waals surface area contributed by atoms with Gasteiger partial charge in [-0.05, 0) is 47.9 Å². The van der Waals surface area contributed by atoms with E-state index >= 15 is 0 Å². The van der Waals surface area contributed by atoms with Gasteiger partial charge in [-0.15, -0.1) is 0 Å². The Balaban J connectivity index is 1.72. The van der Waals surface area contributed by atoms with Crippen LogP contribution in [0.2, 0.25) is 10.0 Å². The van der Waals surface area contributed by atoms with E-state index in [-0.39, 0.29) is 5.91 Å². The van der Waals surface area contributed by atoms with Gasteiger partial charge < -0.3 is 9.47 Å². The fourth-order valence-corrected chi connectivity index (χ4v) is 4.34. The molecule has 0 bridgehead atoms. The van der Waals surface area contributed by atoms with Gasteiger partial charge in [0, 0.05) is 6.54 Å². The number of nitrogens with zero attached hydrogens (tertiary/aromatic N) is 1. The summed E-state index contributed by atoms with van der Waals surface area (Å²) >= 11 is 18.7. The predicted molar refractivity (Wildman–Crippen MR) is 120 cm³/mol. The maximum Gasteiger partial charge on any atom is 0.266 e. The Morgan fingerprint density at radius 1 is 1.07 bits per heavy atom. The second-order valence-corrected chi connectivity index (χ2v) is 8.44. The van der Waals surface area contributed by atoms with Crippen LogP contribution in [0.3, 0.4) is 0 Å². The van der Waals surface area contributed by atoms with Gasteiger partial charge in [-0.2, -0.15) is 0 Å². The Bertz CT molecular complexity index is 962. The highest BCUT2D eigenvalue weighted by Crippen LogP contribution is 2.34. The third kappa shape index (κ3) is 4.63. The molecule has 0 atom stereocenters. The van der Waals surface area contributed by atoms with Gasteiger partial charge in [-0.1, -0.05) is 59.3 Å². The zero-order chi connectivity index (χ0) is 20.3. The third-order valence-electron chi connectivity index (χ3n) is 4.19. The number of benzene rings is 2. The predicted octanol–water partition coefficient (Wildman–Crippen LogP) is 5.45. The van der Waals surface area contributed by atoms with Crippen molar-refractivity contribution in [2.75, 3.05) is 20.8 Å². The quantitative estimate of drug-likeness (QED) is 0.429. The fourth-order valence-electron chi connectivity index (χ4n) is 2.72. The number of amides is 1. The van der Waals surface area contributed by atoms with Crippen LogP contribution in [0.15, 0.2) is 41.3 Å². The van der Waals surface area contributed by atoms with Crippen molar-refractivity contribution in [3.63, 3.8) is 0 Å². The number of thioether (sulfide) groups is 1. The first-order valence-electron chi connectivity index (χ1n) is 8.34. The van der Waals surface area contributed by atoms with Gasteiger partial charge in [0.1, 0.15) is 4.32 Å². The van der Waals surface area contributed by atoms with Crippen LogP contribution in [0.25, 0.3) is 6.08 Å². The topological polar surface area (TPSA) is 38.8 Å². The summed E-state index contributed by atoms with van der Waals surface area (Å²) in [6.45, 7) is 0.485. The molecule has 1 fully saturated rings. The molecule has 146 valence electrons. The molecule has 0 saturated carbocycles. The first-order chi connectivity index (χ1) is 13.4. The molecule has 0 unspecified atom stereocenters. The highest BCUT2D eigenvalue weighted by molar-refractivity contribution is 8.26. The van der Waals surface area contributed by atoms with Crippen molar-refractivity contribution < 1.29 is 14.3 Å². The Morgan fingerprint density at radius 3 is 2.50 bits per heavy atom. The average molecular weight is 454 g/mol. The van der Waals surface area contributed by atoms with Crippen LogP contribution in [0.4, 0.5) is 0 Å². The van der Waals surface area contributed by atoms with Gasteiger partial charge in [0.05, 0.1) is 29.2 Å². The molecule has 1 heterocycles. The molecule has 0 aromatic heterocycles. The van der Waals surface area contributed by atoms with E-state index in [0.29, 0.717) is 43.7 Å². The van der Waals surface area contributed by atoms with Crippen LogP contribution in [-0.4, -0.2) is 35.9 Å². The number of rotatable bonds is 6. The number of halogens is 2. The van der Waals surface area contributed by atoms with Gasteiger partial charge >= 0.3 is 0 Å². The van der Waals surface area contributed by atoms with E-state index in [1.54, 1.807) is 37.3 Å². The van der Waals surface area contributed by atoms with Crippen LogP contribution in [0.5, 0.6) is 11.5 Å². The second-order valence-electron chi connectivity index (χ2n) is 5.95. The smallest absolute Gasteiger partial charge is 0.266 e. The molecule has 1 aliphatic heterocycles. The van der Waals surface area contributed by atoms with Crippen molar-refractivity contribution >= 4 is 63.5 Å². The van der Waals surface area contributed by atoms with Gasteiger partial charge in [0.15, 0.2) is 11.5 Å². The highest BCUT2D eigenvalue weighted by atomic mass is 35.5. The Kier molecular flexibility index (Phi) is 6.88. The Morgan fingerprint density at radius 2 is 1.82 bits per heavy atom. The molecule has 2 aromatic rings. The number of carbonyl (C=O) groups is 1. The van der Waals surface area contributed by atoms with E-state index in [9.17, 15) is 4.79 Å². The lowest BCUT2D eigenvalue weighted by Gasteiger charge is -2.15. The number of hydrogen-bond donors (Lipinski definition) is 0. The van der Waals surface area contributed by atoms with Crippen LogP contribution in [0.1, 0.15) is 11.1 Å². The maximum atomic E-state index is 12.8. The zero-order valence-corrected chi connectivity index (χ0v) is 18.3. The fraction of sp³-hybridized carbons (Fsp3) is 0.200. The van der Waals surface area contributed by atoms with Gasteiger partial charge in [-0.25, -0.2) is 0 Å². The maximum absolute atomic E-state index is 12.8. The molecule has 0 spiro atoms. The summed E-state index contributed by atoms with van der Waals surface area (Å²) in [4.78, 5) is 14.9. The number of hydrogen-bond acceptors (Lipinski definition) is 5. The van der Waals surface area contributed by atoms with Gasteiger partial charge in [-0.3, -0.25) is 9.69 Å². The first-order valence-corrected chi connectivity index (χ1v) is 10.3.